The maximum atomic E-state index is 14.1. The number of carbonyl (C=O) groups excluding carboxylic acids is 2. The molecule has 2 aromatic rings. The van der Waals surface area contributed by atoms with Gasteiger partial charge in [0.15, 0.2) is 11.5 Å². The van der Waals surface area contributed by atoms with Crippen LogP contribution in [0.15, 0.2) is 27.6 Å². The number of hydrogen-bond acceptors (Lipinski definition) is 6. The number of Topliss-reactive ketones (excluding diaryl/α,β-unsaturated/α-hetero) is 2. The van der Waals surface area contributed by atoms with Gasteiger partial charge in [-0.25, -0.2) is 9.37 Å². The fourth-order valence-corrected chi connectivity index (χ4v) is 2.71. The van der Waals surface area contributed by atoms with Gasteiger partial charge < -0.3 is 9.32 Å². The van der Waals surface area contributed by atoms with Gasteiger partial charge in [0.1, 0.15) is 5.82 Å². The molecule has 0 atom stereocenters. The molecule has 0 amide bonds. The Labute approximate surface area is 156 Å². The first-order valence-electron chi connectivity index (χ1n) is 8.22. The molecule has 0 bridgehead atoms. The van der Waals surface area contributed by atoms with E-state index in [0.29, 0.717) is 12.6 Å². The minimum absolute atomic E-state index is 0.0633. The van der Waals surface area contributed by atoms with E-state index < -0.39 is 52.0 Å². The molecule has 1 aromatic carbocycles. The van der Waals surface area contributed by atoms with Crippen molar-refractivity contribution >= 4 is 17.3 Å². The molecule has 1 aliphatic rings. The van der Waals surface area contributed by atoms with Crippen LogP contribution < -0.4 is 0 Å². The zero-order valence-electron chi connectivity index (χ0n) is 14.9. The average Bonchev–Trinajstić information content (AvgIpc) is 3.03. The van der Waals surface area contributed by atoms with Crippen LogP contribution in [0.1, 0.15) is 33.0 Å². The first-order chi connectivity index (χ1) is 13.1. The largest absolute Gasteiger partial charge is 0.432 e. The monoisotopic (exact) mass is 397 g/mol. The lowest BCUT2D eigenvalue weighted by atomic mass is 9.97. The Morgan fingerprint density at radius 2 is 1.96 bits per heavy atom. The number of likely N-dealkylation sites (N-methyl/N-ethyl adjacent to an activating group) is 1. The third-order valence-corrected chi connectivity index (χ3v) is 4.07. The third-order valence-electron chi connectivity index (χ3n) is 4.07. The number of benzene rings is 1. The van der Waals surface area contributed by atoms with Gasteiger partial charge in [0.05, 0.1) is 29.8 Å². The number of alkyl halides is 3. The van der Waals surface area contributed by atoms with Crippen LogP contribution >= 0.6 is 0 Å². The van der Waals surface area contributed by atoms with Crippen molar-refractivity contribution in [2.24, 2.45) is 4.99 Å². The third kappa shape index (κ3) is 3.72. The number of aromatic nitrogens is 1. The van der Waals surface area contributed by atoms with E-state index >= 15 is 0 Å². The Kier molecular flexibility index (Phi) is 5.16. The normalized spacial score (nSPS) is 16.2. The molecule has 28 heavy (non-hydrogen) atoms. The molecule has 0 unspecified atom stereocenters. The maximum absolute atomic E-state index is 14.1. The van der Waals surface area contributed by atoms with E-state index in [1.54, 1.807) is 0 Å². The second-order valence-corrected chi connectivity index (χ2v) is 6.42. The summed E-state index contributed by atoms with van der Waals surface area (Å²) in [5.74, 6) is -3.89. The number of ketones is 2. The van der Waals surface area contributed by atoms with Crippen LogP contribution in [0.4, 0.5) is 17.6 Å². The summed E-state index contributed by atoms with van der Waals surface area (Å²) in [5, 5.41) is 0. The van der Waals surface area contributed by atoms with E-state index in [0.717, 1.165) is 12.1 Å². The summed E-state index contributed by atoms with van der Waals surface area (Å²) < 4.78 is 59.0. The number of nitrogens with zero attached hydrogens (tertiary/aromatic N) is 3. The Bertz CT molecular complexity index is 977. The molecule has 1 heterocycles. The molecule has 0 spiro atoms. The average molecular weight is 397 g/mol. The van der Waals surface area contributed by atoms with Crippen molar-refractivity contribution in [3.05, 3.63) is 41.0 Å². The minimum Gasteiger partial charge on any atom is -0.432 e. The van der Waals surface area contributed by atoms with Gasteiger partial charge >= 0.3 is 6.18 Å². The Morgan fingerprint density at radius 3 is 2.61 bits per heavy atom. The zero-order chi connectivity index (χ0) is 20.6. The maximum Gasteiger partial charge on any atom is 0.417 e. The molecule has 3 rings (SSSR count). The first-order valence-corrected chi connectivity index (χ1v) is 8.22. The van der Waals surface area contributed by atoms with E-state index in [1.165, 1.54) is 0 Å². The van der Waals surface area contributed by atoms with E-state index in [4.69, 9.17) is 4.42 Å². The summed E-state index contributed by atoms with van der Waals surface area (Å²) in [6.07, 6.45) is -5.21. The summed E-state index contributed by atoms with van der Waals surface area (Å²) in [6.45, 7) is 0.785. The lowest BCUT2D eigenvalue weighted by molar-refractivity contribution is -0.137. The molecule has 10 heteroatoms. The first kappa shape index (κ1) is 19.9. The van der Waals surface area contributed by atoms with Crippen LogP contribution in [0.5, 0.6) is 0 Å². The number of oxazole rings is 1. The Balaban J connectivity index is 2.05. The summed E-state index contributed by atoms with van der Waals surface area (Å²) in [4.78, 5) is 34.4. The molecule has 1 aromatic heterocycles. The molecule has 0 saturated carbocycles. The molecule has 0 saturated heterocycles. The van der Waals surface area contributed by atoms with Gasteiger partial charge in [-0.1, -0.05) is 6.07 Å². The number of aliphatic imine (C=N–C) groups is 1. The van der Waals surface area contributed by atoms with Gasteiger partial charge in [0.2, 0.25) is 17.4 Å². The van der Waals surface area contributed by atoms with E-state index in [9.17, 15) is 27.2 Å². The molecule has 148 valence electrons. The van der Waals surface area contributed by atoms with Crippen LogP contribution in [0.25, 0.3) is 11.5 Å². The molecule has 0 radical (unpaired) electrons. The van der Waals surface area contributed by atoms with Crippen molar-refractivity contribution < 1.29 is 31.6 Å². The summed E-state index contributed by atoms with van der Waals surface area (Å²) >= 11 is 0. The number of rotatable bonds is 4. The number of halogens is 4. The number of carbonyl (C=O) groups is 2. The second-order valence-electron chi connectivity index (χ2n) is 6.42. The molecular formula is C18H15F4N3O3. The van der Waals surface area contributed by atoms with E-state index in [2.05, 4.69) is 9.98 Å². The topological polar surface area (TPSA) is 75.8 Å². The second kappa shape index (κ2) is 7.27. The molecule has 0 N–H and O–H groups in total. The van der Waals surface area contributed by atoms with Gasteiger partial charge in [-0.05, 0) is 26.2 Å². The van der Waals surface area contributed by atoms with Crippen LogP contribution in [0.3, 0.4) is 0 Å². The highest BCUT2D eigenvalue weighted by Crippen LogP contribution is 2.39. The fourth-order valence-electron chi connectivity index (χ4n) is 2.71. The van der Waals surface area contributed by atoms with Gasteiger partial charge in [-0.3, -0.25) is 14.6 Å². The highest BCUT2D eigenvalue weighted by atomic mass is 19.4. The van der Waals surface area contributed by atoms with Crippen molar-refractivity contribution in [1.29, 1.82) is 0 Å². The summed E-state index contributed by atoms with van der Waals surface area (Å²) in [6, 6.07) is 2.38. The van der Waals surface area contributed by atoms with Crippen LogP contribution in [-0.4, -0.2) is 54.3 Å². The predicted molar refractivity (Wildman–Crippen MR) is 91.0 cm³/mol. The Morgan fingerprint density at radius 1 is 1.25 bits per heavy atom. The van der Waals surface area contributed by atoms with Crippen molar-refractivity contribution in [2.75, 3.05) is 27.2 Å². The van der Waals surface area contributed by atoms with Crippen molar-refractivity contribution in [3.8, 4) is 11.5 Å². The SMILES string of the molecule is CN(C)CCN=C1CC(=O)c2nc(-c3c(F)cccc3C(F)(F)F)oc2C1=O. The van der Waals surface area contributed by atoms with Crippen LogP contribution in [-0.2, 0) is 6.18 Å². The lowest BCUT2D eigenvalue weighted by Gasteiger charge is -2.11. The van der Waals surface area contributed by atoms with Crippen LogP contribution in [0.2, 0.25) is 0 Å². The van der Waals surface area contributed by atoms with Crippen molar-refractivity contribution in [2.45, 2.75) is 12.6 Å². The number of hydrogen-bond donors (Lipinski definition) is 0. The highest BCUT2D eigenvalue weighted by molar-refractivity contribution is 6.51. The van der Waals surface area contributed by atoms with Gasteiger partial charge in [0.25, 0.3) is 0 Å². The molecule has 0 fully saturated rings. The summed E-state index contributed by atoms with van der Waals surface area (Å²) in [7, 11) is 3.61. The smallest absolute Gasteiger partial charge is 0.417 e. The lowest BCUT2D eigenvalue weighted by Crippen LogP contribution is -2.27. The standard InChI is InChI=1S/C18H15F4N3O3/c1-25(2)7-6-23-11-8-12(26)14-16(15(11)27)28-17(24-14)13-9(18(20,21)22)4-3-5-10(13)19/h3-5H,6-8H2,1-2H3. The number of fused-ring (bicyclic) bond motifs is 1. The zero-order valence-corrected chi connectivity index (χ0v) is 14.9. The van der Waals surface area contributed by atoms with Gasteiger partial charge in [0, 0.05) is 6.54 Å². The Hall–Kier alpha value is -2.88. The van der Waals surface area contributed by atoms with Crippen LogP contribution in [0, 0.1) is 5.82 Å². The van der Waals surface area contributed by atoms with Gasteiger partial charge in [-0.2, -0.15) is 13.2 Å². The predicted octanol–water partition coefficient (Wildman–Crippen LogP) is 3.27. The quantitative estimate of drug-likeness (QED) is 0.741. The summed E-state index contributed by atoms with van der Waals surface area (Å²) in [5.41, 5.74) is -2.74. The van der Waals surface area contributed by atoms with Crippen molar-refractivity contribution in [3.63, 3.8) is 0 Å². The molecule has 1 aliphatic carbocycles. The highest BCUT2D eigenvalue weighted by Gasteiger charge is 2.39. The van der Waals surface area contributed by atoms with E-state index in [1.807, 2.05) is 19.0 Å². The minimum atomic E-state index is -4.88. The van der Waals surface area contributed by atoms with E-state index in [-0.39, 0.29) is 18.7 Å². The molecule has 6 nitrogen and oxygen atoms in total. The molecule has 0 aliphatic heterocycles. The molecular weight excluding hydrogens is 382 g/mol. The van der Waals surface area contributed by atoms with Crippen molar-refractivity contribution in [1.82, 2.24) is 9.88 Å². The van der Waals surface area contributed by atoms with Gasteiger partial charge in [-0.15, -0.1) is 0 Å². The fraction of sp³-hybridized carbons (Fsp3) is 0.333.